The Balaban J connectivity index is 3.04. The maximum Gasteiger partial charge on any atom is 0.303 e. The average molecular weight is 306 g/mol. The Morgan fingerprint density at radius 2 is 1.82 bits per heavy atom. The van der Waals surface area contributed by atoms with Gasteiger partial charge in [-0.25, -0.2) is 0 Å². The van der Waals surface area contributed by atoms with Crippen molar-refractivity contribution in [1.29, 1.82) is 0 Å². The lowest BCUT2D eigenvalue weighted by Gasteiger charge is -2.24. The maximum absolute atomic E-state index is 12.1. The summed E-state index contributed by atoms with van der Waals surface area (Å²) in [5.41, 5.74) is 1.35. The van der Waals surface area contributed by atoms with Gasteiger partial charge >= 0.3 is 5.97 Å². The zero-order chi connectivity index (χ0) is 16.9. The molecule has 1 aromatic rings. The first-order valence-electron chi connectivity index (χ1n) is 7.63. The second kappa shape index (κ2) is 7.43. The zero-order valence-electron chi connectivity index (χ0n) is 14.1. The largest absolute Gasteiger partial charge is 0.493 e. The molecule has 0 heterocycles. The molecule has 0 saturated heterocycles. The number of aliphatic carboxylic acids is 1. The van der Waals surface area contributed by atoms with Crippen molar-refractivity contribution >= 4 is 11.8 Å². The third-order valence-corrected chi connectivity index (χ3v) is 3.25. The van der Waals surface area contributed by atoms with Crippen molar-refractivity contribution in [3.63, 3.8) is 0 Å². The van der Waals surface area contributed by atoms with E-state index in [1.165, 1.54) is 0 Å². The normalized spacial score (nSPS) is 11.5. The molecule has 0 saturated carbocycles. The van der Waals surface area contributed by atoms with Crippen LogP contribution in [-0.2, 0) is 10.2 Å². The molecule has 22 heavy (non-hydrogen) atoms. The summed E-state index contributed by atoms with van der Waals surface area (Å²) in [4.78, 5) is 22.7. The van der Waals surface area contributed by atoms with E-state index in [1.54, 1.807) is 6.07 Å². The van der Waals surface area contributed by atoms with Crippen LogP contribution in [0.15, 0.2) is 18.2 Å². The summed E-state index contributed by atoms with van der Waals surface area (Å²) in [6, 6.07) is 5.37. The van der Waals surface area contributed by atoms with E-state index >= 15 is 0 Å². The van der Waals surface area contributed by atoms with Crippen LogP contribution in [-0.4, -0.2) is 23.5 Å². The van der Waals surface area contributed by atoms with Crippen molar-refractivity contribution in [3.8, 4) is 5.75 Å². The molecule has 4 nitrogen and oxygen atoms in total. The SMILES string of the molecule is CC(C)COc1ccc(C(=O)CCC(=O)O)cc1C(C)(C)C. The highest BCUT2D eigenvalue weighted by atomic mass is 16.5. The Bertz CT molecular complexity index is 539. The van der Waals surface area contributed by atoms with E-state index in [1.807, 2.05) is 12.1 Å². The van der Waals surface area contributed by atoms with Gasteiger partial charge in [-0.05, 0) is 29.5 Å². The van der Waals surface area contributed by atoms with E-state index < -0.39 is 5.97 Å². The standard InChI is InChI=1S/C18H26O4/c1-12(2)11-22-16-8-6-13(10-14(16)18(3,4)5)15(19)7-9-17(20)21/h6,8,10,12H,7,9,11H2,1-5H3,(H,20,21). The Morgan fingerprint density at radius 1 is 1.18 bits per heavy atom. The summed E-state index contributed by atoms with van der Waals surface area (Å²) in [6.07, 6.45) is -0.125. The molecular formula is C18H26O4. The monoisotopic (exact) mass is 306 g/mol. The van der Waals surface area contributed by atoms with Crippen LogP contribution >= 0.6 is 0 Å². The van der Waals surface area contributed by atoms with E-state index in [0.717, 1.165) is 11.3 Å². The number of carboxylic acid groups (broad SMARTS) is 1. The molecule has 0 aromatic heterocycles. The highest BCUT2D eigenvalue weighted by Crippen LogP contribution is 2.33. The molecule has 122 valence electrons. The molecule has 4 heteroatoms. The number of rotatable bonds is 7. The van der Waals surface area contributed by atoms with E-state index in [-0.39, 0.29) is 24.0 Å². The molecule has 0 unspecified atom stereocenters. The Morgan fingerprint density at radius 3 is 2.32 bits per heavy atom. The van der Waals surface area contributed by atoms with Gasteiger partial charge < -0.3 is 9.84 Å². The Hall–Kier alpha value is -1.84. The minimum atomic E-state index is -0.957. The number of hydrogen-bond acceptors (Lipinski definition) is 3. The molecule has 0 bridgehead atoms. The molecule has 1 aromatic carbocycles. The predicted octanol–water partition coefficient (Wildman–Crippen LogP) is 4.07. The van der Waals surface area contributed by atoms with Crippen LogP contribution < -0.4 is 4.74 Å². The third kappa shape index (κ3) is 5.51. The Kier molecular flexibility index (Phi) is 6.15. The summed E-state index contributed by atoms with van der Waals surface area (Å²) >= 11 is 0. The first-order valence-corrected chi connectivity index (χ1v) is 7.63. The van der Waals surface area contributed by atoms with Crippen molar-refractivity contribution in [2.75, 3.05) is 6.61 Å². The molecule has 0 fully saturated rings. The fraction of sp³-hybridized carbons (Fsp3) is 0.556. The number of benzene rings is 1. The summed E-state index contributed by atoms with van der Waals surface area (Å²) in [5, 5.41) is 8.69. The van der Waals surface area contributed by atoms with Crippen LogP contribution in [0.25, 0.3) is 0 Å². The lowest BCUT2D eigenvalue weighted by molar-refractivity contribution is -0.136. The van der Waals surface area contributed by atoms with Gasteiger partial charge in [-0.1, -0.05) is 34.6 Å². The highest BCUT2D eigenvalue weighted by Gasteiger charge is 2.21. The number of carbonyl (C=O) groups is 2. The van der Waals surface area contributed by atoms with E-state index in [9.17, 15) is 9.59 Å². The minimum Gasteiger partial charge on any atom is -0.493 e. The van der Waals surface area contributed by atoms with Crippen LogP contribution in [0.5, 0.6) is 5.75 Å². The van der Waals surface area contributed by atoms with E-state index in [2.05, 4.69) is 34.6 Å². The van der Waals surface area contributed by atoms with E-state index in [0.29, 0.717) is 18.1 Å². The first-order chi connectivity index (χ1) is 10.1. The van der Waals surface area contributed by atoms with Crippen LogP contribution in [0.4, 0.5) is 0 Å². The predicted molar refractivity (Wildman–Crippen MR) is 86.7 cm³/mol. The number of hydrogen-bond donors (Lipinski definition) is 1. The highest BCUT2D eigenvalue weighted by molar-refractivity contribution is 5.97. The minimum absolute atomic E-state index is 0.0190. The van der Waals surface area contributed by atoms with Crippen LogP contribution in [0.3, 0.4) is 0 Å². The quantitative estimate of drug-likeness (QED) is 0.771. The molecule has 0 aliphatic rings. The van der Waals surface area contributed by atoms with Gasteiger partial charge in [0.1, 0.15) is 5.75 Å². The number of Topliss-reactive ketones (excluding diaryl/α,β-unsaturated/α-hetero) is 1. The van der Waals surface area contributed by atoms with Gasteiger partial charge in [0, 0.05) is 17.5 Å². The molecule has 0 amide bonds. The smallest absolute Gasteiger partial charge is 0.303 e. The van der Waals surface area contributed by atoms with Gasteiger partial charge in [0.2, 0.25) is 0 Å². The van der Waals surface area contributed by atoms with Crippen LogP contribution in [0.1, 0.15) is 63.4 Å². The zero-order valence-corrected chi connectivity index (χ0v) is 14.1. The van der Waals surface area contributed by atoms with Crippen molar-refractivity contribution < 1.29 is 19.4 Å². The van der Waals surface area contributed by atoms with E-state index in [4.69, 9.17) is 9.84 Å². The first kappa shape index (κ1) is 18.2. The molecular weight excluding hydrogens is 280 g/mol. The molecule has 0 aliphatic heterocycles. The van der Waals surface area contributed by atoms with Crippen LogP contribution in [0, 0.1) is 5.92 Å². The van der Waals surface area contributed by atoms with Crippen LogP contribution in [0.2, 0.25) is 0 Å². The molecule has 0 atom stereocenters. The lowest BCUT2D eigenvalue weighted by atomic mass is 9.84. The Labute approximate surface area is 132 Å². The van der Waals surface area contributed by atoms with Gasteiger partial charge in [-0.3, -0.25) is 9.59 Å². The summed E-state index contributed by atoms with van der Waals surface area (Å²) in [5.74, 6) is 0.102. The second-order valence-electron chi connectivity index (χ2n) is 6.98. The summed E-state index contributed by atoms with van der Waals surface area (Å²) < 4.78 is 5.85. The fourth-order valence-electron chi connectivity index (χ4n) is 2.04. The maximum atomic E-state index is 12.1. The molecule has 0 aliphatic carbocycles. The number of ketones is 1. The number of ether oxygens (including phenoxy) is 1. The van der Waals surface area contributed by atoms with Crippen molar-refractivity contribution in [2.45, 2.75) is 52.9 Å². The van der Waals surface area contributed by atoms with Gasteiger partial charge in [-0.15, -0.1) is 0 Å². The fourth-order valence-corrected chi connectivity index (χ4v) is 2.04. The number of carboxylic acids is 1. The molecule has 1 rings (SSSR count). The average Bonchev–Trinajstić information content (AvgIpc) is 2.41. The summed E-state index contributed by atoms with van der Waals surface area (Å²) in [6.45, 7) is 11.0. The second-order valence-corrected chi connectivity index (χ2v) is 6.98. The molecule has 0 spiro atoms. The van der Waals surface area contributed by atoms with Gasteiger partial charge in [0.15, 0.2) is 5.78 Å². The topological polar surface area (TPSA) is 63.6 Å². The third-order valence-electron chi connectivity index (χ3n) is 3.25. The van der Waals surface area contributed by atoms with Gasteiger partial charge in [-0.2, -0.15) is 0 Å². The number of carbonyl (C=O) groups excluding carboxylic acids is 1. The van der Waals surface area contributed by atoms with Crippen molar-refractivity contribution in [2.24, 2.45) is 5.92 Å². The molecule has 0 radical (unpaired) electrons. The summed E-state index contributed by atoms with van der Waals surface area (Å²) in [7, 11) is 0. The lowest BCUT2D eigenvalue weighted by Crippen LogP contribution is -2.16. The van der Waals surface area contributed by atoms with Crippen molar-refractivity contribution in [1.82, 2.24) is 0 Å². The van der Waals surface area contributed by atoms with Gasteiger partial charge in [0.05, 0.1) is 13.0 Å². The van der Waals surface area contributed by atoms with Gasteiger partial charge in [0.25, 0.3) is 0 Å². The van der Waals surface area contributed by atoms with Crippen molar-refractivity contribution in [3.05, 3.63) is 29.3 Å². The molecule has 1 N–H and O–H groups in total.